The van der Waals surface area contributed by atoms with Crippen LogP contribution in [0.1, 0.15) is 41.4 Å². The van der Waals surface area contributed by atoms with Gasteiger partial charge in [-0.25, -0.2) is 4.98 Å². The standard InChI is InChI=1S/C23H29N3O4S/c1-5-30-23(29)17-7-6-10-26(12-17)20(27)13-25(4)22(28)19-14-31-21(24-19)18-9-8-15(2)11-16(18)3/h8-9,11,14,17H,5-7,10,12-13H2,1-4H3. The van der Waals surface area contributed by atoms with Gasteiger partial charge in [0.15, 0.2) is 0 Å². The molecule has 8 heteroatoms. The normalized spacial score (nSPS) is 16.1. The number of hydrogen-bond acceptors (Lipinski definition) is 6. The monoisotopic (exact) mass is 443 g/mol. The number of esters is 1. The fraction of sp³-hybridized carbons (Fsp3) is 0.478. The number of carbonyl (C=O) groups is 3. The topological polar surface area (TPSA) is 79.8 Å². The number of amides is 2. The molecule has 0 radical (unpaired) electrons. The van der Waals surface area contributed by atoms with E-state index < -0.39 is 0 Å². The van der Waals surface area contributed by atoms with Gasteiger partial charge in [-0.2, -0.15) is 0 Å². The van der Waals surface area contributed by atoms with Gasteiger partial charge in [0.05, 0.1) is 19.1 Å². The number of likely N-dealkylation sites (tertiary alicyclic amines) is 1. The van der Waals surface area contributed by atoms with Crippen LogP contribution < -0.4 is 0 Å². The van der Waals surface area contributed by atoms with E-state index in [1.165, 1.54) is 21.8 Å². The first-order valence-electron chi connectivity index (χ1n) is 10.5. The number of carbonyl (C=O) groups excluding carboxylic acids is 3. The Bertz CT molecular complexity index is 971. The Morgan fingerprint density at radius 3 is 2.77 bits per heavy atom. The van der Waals surface area contributed by atoms with Gasteiger partial charge in [-0.1, -0.05) is 23.8 Å². The summed E-state index contributed by atoms with van der Waals surface area (Å²) >= 11 is 1.42. The number of thiazole rings is 1. The Kier molecular flexibility index (Phi) is 7.43. The number of rotatable bonds is 6. The number of hydrogen-bond donors (Lipinski definition) is 0. The molecule has 0 N–H and O–H groups in total. The summed E-state index contributed by atoms with van der Waals surface area (Å²) in [7, 11) is 1.60. The first kappa shape index (κ1) is 22.9. The lowest BCUT2D eigenvalue weighted by molar-refractivity contribution is -0.151. The maximum absolute atomic E-state index is 12.8. The van der Waals surface area contributed by atoms with Gasteiger partial charge in [0.1, 0.15) is 10.7 Å². The van der Waals surface area contributed by atoms with Crippen molar-refractivity contribution in [1.29, 1.82) is 0 Å². The quantitative estimate of drug-likeness (QED) is 0.640. The van der Waals surface area contributed by atoms with E-state index in [9.17, 15) is 14.4 Å². The molecular formula is C23H29N3O4S. The molecule has 1 fully saturated rings. The average molecular weight is 444 g/mol. The first-order chi connectivity index (χ1) is 14.8. The number of nitrogens with zero attached hydrogens (tertiary/aromatic N) is 3. The van der Waals surface area contributed by atoms with Crippen molar-refractivity contribution in [2.24, 2.45) is 5.92 Å². The molecule has 0 saturated carbocycles. The molecule has 1 aromatic heterocycles. The van der Waals surface area contributed by atoms with Gasteiger partial charge >= 0.3 is 5.97 Å². The highest BCUT2D eigenvalue weighted by atomic mass is 32.1. The summed E-state index contributed by atoms with van der Waals surface area (Å²) in [6.45, 7) is 7.05. The van der Waals surface area contributed by atoms with Crippen LogP contribution in [0, 0.1) is 19.8 Å². The molecule has 166 valence electrons. The lowest BCUT2D eigenvalue weighted by Crippen LogP contribution is -2.47. The van der Waals surface area contributed by atoms with E-state index in [2.05, 4.69) is 11.1 Å². The van der Waals surface area contributed by atoms with E-state index in [-0.39, 0.29) is 30.2 Å². The molecule has 0 spiro atoms. The molecule has 31 heavy (non-hydrogen) atoms. The molecule has 1 aromatic carbocycles. The molecule has 1 aliphatic rings. The summed E-state index contributed by atoms with van der Waals surface area (Å²) in [4.78, 5) is 45.1. The SMILES string of the molecule is CCOC(=O)C1CCCN(C(=O)CN(C)C(=O)c2csc(-c3ccc(C)cc3C)n2)C1. The zero-order chi connectivity index (χ0) is 22.5. The number of likely N-dealkylation sites (N-methyl/N-ethyl adjacent to an activating group) is 1. The Morgan fingerprint density at radius 2 is 2.06 bits per heavy atom. The molecule has 1 saturated heterocycles. The van der Waals surface area contributed by atoms with Crippen LogP contribution in [-0.4, -0.2) is 65.9 Å². The third kappa shape index (κ3) is 5.50. The largest absolute Gasteiger partial charge is 0.466 e. The van der Waals surface area contributed by atoms with Crippen molar-refractivity contribution in [3.63, 3.8) is 0 Å². The van der Waals surface area contributed by atoms with Crippen LogP contribution in [0.25, 0.3) is 10.6 Å². The summed E-state index contributed by atoms with van der Waals surface area (Å²) in [6.07, 6.45) is 1.47. The Labute approximate surface area is 187 Å². The van der Waals surface area contributed by atoms with Crippen molar-refractivity contribution in [3.8, 4) is 10.6 Å². The summed E-state index contributed by atoms with van der Waals surface area (Å²) in [6, 6.07) is 6.13. The van der Waals surface area contributed by atoms with E-state index in [1.807, 2.05) is 26.0 Å². The summed E-state index contributed by atoms with van der Waals surface area (Å²) < 4.78 is 5.09. The minimum Gasteiger partial charge on any atom is -0.466 e. The van der Waals surface area contributed by atoms with Crippen LogP contribution in [0.5, 0.6) is 0 Å². The predicted octanol–water partition coefficient (Wildman–Crippen LogP) is 3.30. The van der Waals surface area contributed by atoms with Crippen LogP contribution in [0.2, 0.25) is 0 Å². The molecular weight excluding hydrogens is 414 g/mol. The van der Waals surface area contributed by atoms with Gasteiger partial charge < -0.3 is 14.5 Å². The molecule has 0 bridgehead atoms. The average Bonchev–Trinajstić information content (AvgIpc) is 3.23. The minimum absolute atomic E-state index is 0.0508. The van der Waals surface area contributed by atoms with Crippen LogP contribution >= 0.6 is 11.3 Å². The highest BCUT2D eigenvalue weighted by Gasteiger charge is 2.30. The zero-order valence-electron chi connectivity index (χ0n) is 18.5. The van der Waals surface area contributed by atoms with Crippen molar-refractivity contribution >= 4 is 29.1 Å². The molecule has 1 unspecified atom stereocenters. The van der Waals surface area contributed by atoms with Crippen molar-refractivity contribution < 1.29 is 19.1 Å². The van der Waals surface area contributed by atoms with Gasteiger partial charge in [0, 0.05) is 31.1 Å². The maximum Gasteiger partial charge on any atom is 0.310 e. The lowest BCUT2D eigenvalue weighted by atomic mass is 9.98. The highest BCUT2D eigenvalue weighted by Crippen LogP contribution is 2.28. The second kappa shape index (κ2) is 10.0. The van der Waals surface area contributed by atoms with E-state index >= 15 is 0 Å². The molecule has 2 aromatic rings. The van der Waals surface area contributed by atoms with Crippen molar-refractivity contribution in [2.45, 2.75) is 33.6 Å². The number of aryl methyl sites for hydroxylation is 2. The zero-order valence-corrected chi connectivity index (χ0v) is 19.3. The summed E-state index contributed by atoms with van der Waals surface area (Å²) in [5.74, 6) is -1.02. The van der Waals surface area contributed by atoms with Crippen LogP contribution in [0.3, 0.4) is 0 Å². The third-order valence-corrected chi connectivity index (χ3v) is 6.32. The second-order valence-electron chi connectivity index (χ2n) is 7.95. The first-order valence-corrected chi connectivity index (χ1v) is 11.4. The number of piperidine rings is 1. The van der Waals surface area contributed by atoms with Gasteiger partial charge in [0.2, 0.25) is 5.91 Å². The predicted molar refractivity (Wildman–Crippen MR) is 120 cm³/mol. The van der Waals surface area contributed by atoms with Gasteiger partial charge in [0.25, 0.3) is 5.91 Å². The molecule has 2 heterocycles. The third-order valence-electron chi connectivity index (χ3n) is 5.45. The molecule has 0 aliphatic carbocycles. The van der Waals surface area contributed by atoms with Gasteiger partial charge in [-0.3, -0.25) is 14.4 Å². The van der Waals surface area contributed by atoms with Crippen molar-refractivity contribution in [2.75, 3.05) is 33.3 Å². The van der Waals surface area contributed by atoms with E-state index in [4.69, 9.17) is 4.74 Å². The van der Waals surface area contributed by atoms with Crippen LogP contribution in [-0.2, 0) is 14.3 Å². The minimum atomic E-state index is -0.294. The number of aromatic nitrogens is 1. The molecule has 3 rings (SSSR count). The Balaban J connectivity index is 1.62. The number of benzene rings is 1. The smallest absolute Gasteiger partial charge is 0.310 e. The van der Waals surface area contributed by atoms with E-state index in [1.54, 1.807) is 24.3 Å². The Hall–Kier alpha value is -2.74. The lowest BCUT2D eigenvalue weighted by Gasteiger charge is -2.32. The molecule has 1 atom stereocenters. The maximum atomic E-state index is 12.8. The van der Waals surface area contributed by atoms with E-state index in [0.29, 0.717) is 25.4 Å². The van der Waals surface area contributed by atoms with E-state index in [0.717, 1.165) is 29.0 Å². The van der Waals surface area contributed by atoms with Crippen molar-refractivity contribution in [3.05, 3.63) is 40.4 Å². The van der Waals surface area contributed by atoms with Crippen LogP contribution in [0.4, 0.5) is 0 Å². The summed E-state index contributed by atoms with van der Waals surface area (Å²) in [5.41, 5.74) is 3.62. The summed E-state index contributed by atoms with van der Waals surface area (Å²) in [5, 5.41) is 2.52. The van der Waals surface area contributed by atoms with Gasteiger partial charge in [-0.05, 0) is 39.2 Å². The van der Waals surface area contributed by atoms with Gasteiger partial charge in [-0.15, -0.1) is 11.3 Å². The second-order valence-corrected chi connectivity index (χ2v) is 8.81. The van der Waals surface area contributed by atoms with Crippen molar-refractivity contribution in [1.82, 2.24) is 14.8 Å². The highest BCUT2D eigenvalue weighted by molar-refractivity contribution is 7.13. The molecule has 2 amide bonds. The fourth-order valence-corrected chi connectivity index (χ4v) is 4.66. The molecule has 7 nitrogen and oxygen atoms in total. The Morgan fingerprint density at radius 1 is 1.29 bits per heavy atom. The van der Waals surface area contributed by atoms with Crippen LogP contribution in [0.15, 0.2) is 23.6 Å². The number of ether oxygens (including phenoxy) is 1. The molecule has 1 aliphatic heterocycles. The fourth-order valence-electron chi connectivity index (χ4n) is 3.78.